The second-order valence-corrected chi connectivity index (χ2v) is 5.93. The summed E-state index contributed by atoms with van der Waals surface area (Å²) in [5, 5.41) is 0. The maximum absolute atomic E-state index is 12.4. The first-order valence-corrected chi connectivity index (χ1v) is 7.87. The van der Waals surface area contributed by atoms with Crippen LogP contribution in [0.15, 0.2) is 18.2 Å². The van der Waals surface area contributed by atoms with Gasteiger partial charge in [-0.25, -0.2) is 0 Å². The number of carbonyl (C=O) groups excluding carboxylic acids is 1. The zero-order chi connectivity index (χ0) is 15.4. The van der Waals surface area contributed by atoms with Crippen LogP contribution < -0.4 is 9.64 Å². The summed E-state index contributed by atoms with van der Waals surface area (Å²) in [7, 11) is 0. The first-order chi connectivity index (χ1) is 10.0. The van der Waals surface area contributed by atoms with Crippen molar-refractivity contribution in [1.82, 2.24) is 4.90 Å². The van der Waals surface area contributed by atoms with Gasteiger partial charge in [-0.1, -0.05) is 6.07 Å². The molecule has 0 bridgehead atoms. The van der Waals surface area contributed by atoms with Gasteiger partial charge in [0.15, 0.2) is 6.10 Å². The standard InChI is InChI=1S/C17H26N2O2/c1-5-18-8-10-19(11-9-18)17(20)15(4)21-16-7-6-13(2)14(3)12-16/h6-7,12,15H,5,8-11H2,1-4H3/p+1/t15-/m1/s1. The molecule has 1 aliphatic rings. The fraction of sp³-hybridized carbons (Fsp3) is 0.588. The Morgan fingerprint density at radius 3 is 2.52 bits per heavy atom. The molecule has 1 aromatic carbocycles. The quantitative estimate of drug-likeness (QED) is 0.891. The van der Waals surface area contributed by atoms with Crippen molar-refractivity contribution in [3.05, 3.63) is 29.3 Å². The number of likely N-dealkylation sites (N-methyl/N-ethyl adjacent to an activating group) is 1. The van der Waals surface area contributed by atoms with Crippen molar-refractivity contribution < 1.29 is 14.4 Å². The van der Waals surface area contributed by atoms with Gasteiger partial charge in [0.2, 0.25) is 0 Å². The lowest BCUT2D eigenvalue weighted by Gasteiger charge is -2.33. The third-order valence-corrected chi connectivity index (χ3v) is 4.42. The van der Waals surface area contributed by atoms with E-state index in [9.17, 15) is 4.79 Å². The molecule has 1 N–H and O–H groups in total. The van der Waals surface area contributed by atoms with Crippen molar-refractivity contribution in [3.8, 4) is 5.75 Å². The summed E-state index contributed by atoms with van der Waals surface area (Å²) in [5.74, 6) is 0.875. The summed E-state index contributed by atoms with van der Waals surface area (Å²) in [6.45, 7) is 13.1. The maximum atomic E-state index is 12.4. The fourth-order valence-corrected chi connectivity index (χ4v) is 2.70. The first-order valence-electron chi connectivity index (χ1n) is 7.87. The molecule has 1 heterocycles. The van der Waals surface area contributed by atoms with Crippen LogP contribution in [0.25, 0.3) is 0 Å². The Balaban J connectivity index is 1.92. The van der Waals surface area contributed by atoms with Gasteiger partial charge in [-0.15, -0.1) is 0 Å². The number of carbonyl (C=O) groups is 1. The van der Waals surface area contributed by atoms with E-state index in [1.807, 2.05) is 30.0 Å². The van der Waals surface area contributed by atoms with Crippen LogP contribution in [0.3, 0.4) is 0 Å². The number of nitrogens with one attached hydrogen (secondary N) is 1. The van der Waals surface area contributed by atoms with Crippen molar-refractivity contribution in [1.29, 1.82) is 0 Å². The molecule has 0 spiro atoms. The van der Waals surface area contributed by atoms with E-state index in [0.29, 0.717) is 0 Å². The van der Waals surface area contributed by atoms with Crippen LogP contribution in [-0.2, 0) is 4.79 Å². The Bertz CT molecular complexity index is 494. The zero-order valence-electron chi connectivity index (χ0n) is 13.6. The number of nitrogens with zero attached hydrogens (tertiary/aromatic N) is 1. The van der Waals surface area contributed by atoms with E-state index in [2.05, 4.69) is 20.8 Å². The average molecular weight is 291 g/mol. The summed E-state index contributed by atoms with van der Waals surface area (Å²) >= 11 is 0. The topological polar surface area (TPSA) is 34.0 Å². The number of amides is 1. The molecule has 21 heavy (non-hydrogen) atoms. The Labute approximate surface area is 127 Å². The van der Waals surface area contributed by atoms with Crippen LogP contribution in [0, 0.1) is 13.8 Å². The number of piperazine rings is 1. The zero-order valence-corrected chi connectivity index (χ0v) is 13.6. The SMILES string of the molecule is CC[NH+]1CCN(C(=O)[C@@H](C)Oc2ccc(C)c(C)c2)CC1. The van der Waals surface area contributed by atoms with Crippen LogP contribution in [0.5, 0.6) is 5.75 Å². The molecule has 1 atom stereocenters. The molecular formula is C17H27N2O2+. The molecule has 1 fully saturated rings. The van der Waals surface area contributed by atoms with E-state index in [1.54, 1.807) is 4.90 Å². The molecule has 4 nitrogen and oxygen atoms in total. The van der Waals surface area contributed by atoms with E-state index in [1.165, 1.54) is 11.1 Å². The lowest BCUT2D eigenvalue weighted by Crippen LogP contribution is -3.14. The highest BCUT2D eigenvalue weighted by molar-refractivity contribution is 5.81. The predicted octanol–water partition coefficient (Wildman–Crippen LogP) is 0.818. The van der Waals surface area contributed by atoms with Crippen molar-refractivity contribution in [2.24, 2.45) is 0 Å². The summed E-state index contributed by atoms with van der Waals surface area (Å²) in [6, 6.07) is 5.97. The summed E-state index contributed by atoms with van der Waals surface area (Å²) in [6.07, 6.45) is -0.421. The molecule has 0 aliphatic carbocycles. The molecule has 116 valence electrons. The van der Waals surface area contributed by atoms with E-state index in [0.717, 1.165) is 38.5 Å². The van der Waals surface area contributed by atoms with Gasteiger partial charge >= 0.3 is 0 Å². The fourth-order valence-electron chi connectivity index (χ4n) is 2.70. The van der Waals surface area contributed by atoms with Crippen molar-refractivity contribution >= 4 is 5.91 Å². The Hall–Kier alpha value is -1.55. The van der Waals surface area contributed by atoms with E-state index in [4.69, 9.17) is 4.74 Å². The van der Waals surface area contributed by atoms with E-state index >= 15 is 0 Å². The van der Waals surface area contributed by atoms with Gasteiger partial charge in [0.25, 0.3) is 5.91 Å². The largest absolute Gasteiger partial charge is 0.481 e. The van der Waals surface area contributed by atoms with Crippen LogP contribution in [0.2, 0.25) is 0 Å². The Morgan fingerprint density at radius 1 is 1.29 bits per heavy atom. The molecule has 4 heteroatoms. The average Bonchev–Trinajstić information content (AvgIpc) is 2.50. The Morgan fingerprint density at radius 2 is 1.95 bits per heavy atom. The first kappa shape index (κ1) is 15.8. The molecule has 0 radical (unpaired) electrons. The molecule has 0 saturated carbocycles. The summed E-state index contributed by atoms with van der Waals surface area (Å²) < 4.78 is 5.82. The van der Waals surface area contributed by atoms with Gasteiger partial charge in [-0.05, 0) is 51.0 Å². The molecule has 1 aliphatic heterocycles. The minimum absolute atomic E-state index is 0.100. The van der Waals surface area contributed by atoms with Gasteiger partial charge in [0, 0.05) is 0 Å². The molecule has 1 aromatic rings. The minimum atomic E-state index is -0.421. The lowest BCUT2D eigenvalue weighted by atomic mass is 10.1. The number of quaternary nitrogens is 1. The van der Waals surface area contributed by atoms with Gasteiger partial charge in [0.1, 0.15) is 5.75 Å². The molecule has 1 amide bonds. The molecule has 0 unspecified atom stereocenters. The number of ether oxygens (including phenoxy) is 1. The molecular weight excluding hydrogens is 264 g/mol. The van der Waals surface area contributed by atoms with Crippen LogP contribution in [0.4, 0.5) is 0 Å². The van der Waals surface area contributed by atoms with Gasteiger partial charge in [-0.3, -0.25) is 4.79 Å². The maximum Gasteiger partial charge on any atom is 0.263 e. The highest BCUT2D eigenvalue weighted by Crippen LogP contribution is 2.18. The summed E-state index contributed by atoms with van der Waals surface area (Å²) in [5.41, 5.74) is 2.42. The number of hydrogen-bond donors (Lipinski definition) is 1. The third-order valence-electron chi connectivity index (χ3n) is 4.42. The van der Waals surface area contributed by atoms with Gasteiger partial charge in [-0.2, -0.15) is 0 Å². The van der Waals surface area contributed by atoms with Gasteiger partial charge in [0.05, 0.1) is 32.7 Å². The van der Waals surface area contributed by atoms with E-state index in [-0.39, 0.29) is 5.91 Å². The second kappa shape index (κ2) is 6.94. The molecule has 0 aromatic heterocycles. The van der Waals surface area contributed by atoms with Crippen LogP contribution in [-0.4, -0.2) is 49.6 Å². The van der Waals surface area contributed by atoms with Crippen LogP contribution >= 0.6 is 0 Å². The lowest BCUT2D eigenvalue weighted by molar-refractivity contribution is -0.902. The van der Waals surface area contributed by atoms with Crippen LogP contribution in [0.1, 0.15) is 25.0 Å². The third kappa shape index (κ3) is 3.97. The predicted molar refractivity (Wildman–Crippen MR) is 83.8 cm³/mol. The second-order valence-electron chi connectivity index (χ2n) is 5.93. The van der Waals surface area contributed by atoms with Crippen molar-refractivity contribution in [2.75, 3.05) is 32.7 Å². The highest BCUT2D eigenvalue weighted by Gasteiger charge is 2.27. The highest BCUT2D eigenvalue weighted by atomic mass is 16.5. The summed E-state index contributed by atoms with van der Waals surface area (Å²) in [4.78, 5) is 15.9. The van der Waals surface area contributed by atoms with Gasteiger partial charge < -0.3 is 14.5 Å². The normalized spacial score (nSPS) is 17.6. The van der Waals surface area contributed by atoms with Crippen molar-refractivity contribution in [2.45, 2.75) is 33.8 Å². The smallest absolute Gasteiger partial charge is 0.263 e. The molecule has 2 rings (SSSR count). The monoisotopic (exact) mass is 291 g/mol. The molecule has 1 saturated heterocycles. The van der Waals surface area contributed by atoms with Crippen molar-refractivity contribution in [3.63, 3.8) is 0 Å². The minimum Gasteiger partial charge on any atom is -0.481 e. The number of benzene rings is 1. The number of hydrogen-bond acceptors (Lipinski definition) is 2. The Kier molecular flexibility index (Phi) is 5.23. The number of rotatable bonds is 4. The van der Waals surface area contributed by atoms with E-state index < -0.39 is 6.10 Å². The number of aryl methyl sites for hydroxylation is 2.